The van der Waals surface area contributed by atoms with Crippen molar-refractivity contribution in [3.05, 3.63) is 38.6 Å². The molecule has 0 atom stereocenters. The fourth-order valence-corrected chi connectivity index (χ4v) is 2.38. The van der Waals surface area contributed by atoms with Gasteiger partial charge >= 0.3 is 0 Å². The van der Waals surface area contributed by atoms with E-state index in [4.69, 9.17) is 4.74 Å². The van der Waals surface area contributed by atoms with Crippen molar-refractivity contribution >= 4 is 27.3 Å². The van der Waals surface area contributed by atoms with Crippen LogP contribution in [0.3, 0.4) is 0 Å². The van der Waals surface area contributed by atoms with E-state index in [-0.39, 0.29) is 0 Å². The Labute approximate surface area is 101 Å². The standard InChI is InChI=1S/C11H10BrNOS/c1-7-3-10(12)13-11(4-7)14-9-5-8(2)15-6-9/h3-6H,1-2H3. The fourth-order valence-electron chi connectivity index (χ4n) is 1.24. The van der Waals surface area contributed by atoms with Gasteiger partial charge in [-0.15, -0.1) is 11.3 Å². The van der Waals surface area contributed by atoms with Gasteiger partial charge in [-0.2, -0.15) is 0 Å². The molecule has 0 aliphatic heterocycles. The van der Waals surface area contributed by atoms with E-state index in [1.807, 2.05) is 30.5 Å². The maximum atomic E-state index is 5.63. The molecule has 0 aliphatic rings. The number of nitrogens with zero attached hydrogens (tertiary/aromatic N) is 1. The van der Waals surface area contributed by atoms with Crippen molar-refractivity contribution in [3.63, 3.8) is 0 Å². The Morgan fingerprint density at radius 3 is 2.67 bits per heavy atom. The number of halogens is 1. The molecule has 2 aromatic rings. The molecule has 0 fully saturated rings. The van der Waals surface area contributed by atoms with Crippen LogP contribution in [0.15, 0.2) is 28.2 Å². The summed E-state index contributed by atoms with van der Waals surface area (Å²) in [4.78, 5) is 5.47. The van der Waals surface area contributed by atoms with Crippen LogP contribution in [0.5, 0.6) is 11.6 Å². The van der Waals surface area contributed by atoms with Crippen LogP contribution >= 0.6 is 27.3 Å². The van der Waals surface area contributed by atoms with E-state index < -0.39 is 0 Å². The van der Waals surface area contributed by atoms with Gasteiger partial charge in [0.25, 0.3) is 0 Å². The normalized spacial score (nSPS) is 10.3. The summed E-state index contributed by atoms with van der Waals surface area (Å²) in [5.74, 6) is 1.47. The molecule has 0 saturated heterocycles. The molecule has 78 valence electrons. The zero-order valence-corrected chi connectivity index (χ0v) is 10.9. The van der Waals surface area contributed by atoms with Gasteiger partial charge in [-0.3, -0.25) is 0 Å². The van der Waals surface area contributed by atoms with Gasteiger partial charge in [-0.25, -0.2) is 4.98 Å². The number of ether oxygens (including phenoxy) is 1. The number of hydrogen-bond acceptors (Lipinski definition) is 3. The lowest BCUT2D eigenvalue weighted by molar-refractivity contribution is 0.463. The third-order valence-electron chi connectivity index (χ3n) is 1.84. The largest absolute Gasteiger partial charge is 0.438 e. The van der Waals surface area contributed by atoms with Crippen molar-refractivity contribution < 1.29 is 4.74 Å². The highest BCUT2D eigenvalue weighted by Crippen LogP contribution is 2.26. The first kappa shape index (κ1) is 10.6. The maximum Gasteiger partial charge on any atom is 0.220 e. The first-order valence-electron chi connectivity index (χ1n) is 4.50. The summed E-state index contributed by atoms with van der Waals surface area (Å²) >= 11 is 5.01. The predicted molar refractivity (Wildman–Crippen MR) is 65.8 cm³/mol. The molecule has 15 heavy (non-hydrogen) atoms. The highest BCUT2D eigenvalue weighted by atomic mass is 79.9. The van der Waals surface area contributed by atoms with Gasteiger partial charge in [0.05, 0.1) is 0 Å². The first-order chi connectivity index (χ1) is 7.13. The summed E-state index contributed by atoms with van der Waals surface area (Å²) < 4.78 is 6.43. The van der Waals surface area contributed by atoms with Crippen LogP contribution < -0.4 is 4.74 Å². The third-order valence-corrected chi connectivity index (χ3v) is 3.09. The molecule has 4 heteroatoms. The first-order valence-corrected chi connectivity index (χ1v) is 6.18. The molecule has 2 rings (SSSR count). The number of aryl methyl sites for hydroxylation is 2. The van der Waals surface area contributed by atoms with Gasteiger partial charge in [0.1, 0.15) is 10.4 Å². The molecular formula is C11H10BrNOS. The van der Waals surface area contributed by atoms with Gasteiger partial charge in [-0.1, -0.05) is 0 Å². The van der Waals surface area contributed by atoms with E-state index in [0.29, 0.717) is 5.88 Å². The molecule has 2 heterocycles. The molecule has 0 spiro atoms. The van der Waals surface area contributed by atoms with Crippen molar-refractivity contribution in [2.45, 2.75) is 13.8 Å². The average Bonchev–Trinajstić information content (AvgIpc) is 2.49. The van der Waals surface area contributed by atoms with Crippen molar-refractivity contribution in [1.29, 1.82) is 0 Å². The molecular weight excluding hydrogens is 274 g/mol. The molecule has 0 aromatic carbocycles. The zero-order chi connectivity index (χ0) is 10.8. The minimum absolute atomic E-state index is 0.625. The summed E-state index contributed by atoms with van der Waals surface area (Å²) in [6.45, 7) is 4.06. The van der Waals surface area contributed by atoms with Crippen LogP contribution in [0.1, 0.15) is 10.4 Å². The van der Waals surface area contributed by atoms with Crippen molar-refractivity contribution in [2.75, 3.05) is 0 Å². The SMILES string of the molecule is Cc1cc(Br)nc(Oc2csc(C)c2)c1. The minimum Gasteiger partial charge on any atom is -0.438 e. The van der Waals surface area contributed by atoms with E-state index in [1.165, 1.54) is 4.88 Å². The summed E-state index contributed by atoms with van der Waals surface area (Å²) in [6.07, 6.45) is 0. The highest BCUT2D eigenvalue weighted by Gasteiger charge is 2.02. The minimum atomic E-state index is 0.625. The second-order valence-corrected chi connectivity index (χ2v) is 5.23. The van der Waals surface area contributed by atoms with E-state index in [2.05, 4.69) is 27.8 Å². The van der Waals surface area contributed by atoms with E-state index in [0.717, 1.165) is 15.9 Å². The molecule has 0 radical (unpaired) electrons. The second-order valence-electron chi connectivity index (χ2n) is 3.30. The monoisotopic (exact) mass is 283 g/mol. The Balaban J connectivity index is 2.24. The molecule has 0 aliphatic carbocycles. The highest BCUT2D eigenvalue weighted by molar-refractivity contribution is 9.10. The number of pyridine rings is 1. The fraction of sp³-hybridized carbons (Fsp3) is 0.182. The number of rotatable bonds is 2. The topological polar surface area (TPSA) is 22.1 Å². The van der Waals surface area contributed by atoms with Crippen molar-refractivity contribution in [3.8, 4) is 11.6 Å². The molecule has 2 aromatic heterocycles. The Morgan fingerprint density at radius 1 is 1.27 bits per heavy atom. The van der Waals surface area contributed by atoms with Crippen LogP contribution in [0.4, 0.5) is 0 Å². The molecule has 2 nitrogen and oxygen atoms in total. The lowest BCUT2D eigenvalue weighted by atomic mass is 10.3. The number of hydrogen-bond donors (Lipinski definition) is 0. The van der Waals surface area contributed by atoms with Crippen LogP contribution in [0, 0.1) is 13.8 Å². The lowest BCUT2D eigenvalue weighted by Crippen LogP contribution is -1.88. The smallest absolute Gasteiger partial charge is 0.220 e. The summed E-state index contributed by atoms with van der Waals surface area (Å²) in [7, 11) is 0. The van der Waals surface area contributed by atoms with Gasteiger partial charge in [0, 0.05) is 16.3 Å². The van der Waals surface area contributed by atoms with E-state index >= 15 is 0 Å². The summed E-state index contributed by atoms with van der Waals surface area (Å²) in [5.41, 5.74) is 1.12. The van der Waals surface area contributed by atoms with Gasteiger partial charge in [-0.05, 0) is 47.5 Å². The second kappa shape index (κ2) is 4.33. The van der Waals surface area contributed by atoms with Crippen LogP contribution in [-0.4, -0.2) is 4.98 Å². The van der Waals surface area contributed by atoms with Crippen molar-refractivity contribution in [1.82, 2.24) is 4.98 Å². The lowest BCUT2D eigenvalue weighted by Gasteiger charge is -2.03. The summed E-state index contributed by atoms with van der Waals surface area (Å²) in [6, 6.07) is 5.87. The Hall–Kier alpha value is -0.870. The maximum absolute atomic E-state index is 5.63. The molecule has 0 N–H and O–H groups in total. The van der Waals surface area contributed by atoms with E-state index in [1.54, 1.807) is 11.3 Å². The molecule has 0 unspecified atom stereocenters. The van der Waals surface area contributed by atoms with Gasteiger partial charge in [0.15, 0.2) is 0 Å². The van der Waals surface area contributed by atoms with Crippen molar-refractivity contribution in [2.24, 2.45) is 0 Å². The predicted octanol–water partition coefficient (Wildman–Crippen LogP) is 4.31. The third kappa shape index (κ3) is 2.79. The zero-order valence-electron chi connectivity index (χ0n) is 8.45. The van der Waals surface area contributed by atoms with Gasteiger partial charge < -0.3 is 4.74 Å². The van der Waals surface area contributed by atoms with Crippen LogP contribution in [0.25, 0.3) is 0 Å². The molecule has 0 bridgehead atoms. The average molecular weight is 284 g/mol. The quantitative estimate of drug-likeness (QED) is 0.766. The van der Waals surface area contributed by atoms with Crippen LogP contribution in [-0.2, 0) is 0 Å². The Kier molecular flexibility index (Phi) is 3.07. The Morgan fingerprint density at radius 2 is 2.07 bits per heavy atom. The van der Waals surface area contributed by atoms with Gasteiger partial charge in [0.2, 0.25) is 5.88 Å². The molecule has 0 amide bonds. The summed E-state index contributed by atoms with van der Waals surface area (Å²) in [5, 5.41) is 1.98. The number of aromatic nitrogens is 1. The number of thiophene rings is 1. The van der Waals surface area contributed by atoms with Crippen LogP contribution in [0.2, 0.25) is 0 Å². The Bertz CT molecular complexity index is 461. The van der Waals surface area contributed by atoms with E-state index in [9.17, 15) is 0 Å². The molecule has 0 saturated carbocycles.